The molecule has 1 aliphatic rings. The molecule has 0 atom stereocenters. The number of nitrogens with zero attached hydrogens (tertiary/aromatic N) is 4. The fraction of sp³-hybridized carbons (Fsp3) is 0.0769. The summed E-state index contributed by atoms with van der Waals surface area (Å²) in [5.74, 6) is 0. The van der Waals surface area contributed by atoms with Crippen LogP contribution in [-0.2, 0) is 6.54 Å². The molecule has 0 fully saturated rings. The SMILES string of the molecule is Cc1ccccc1-n1[nH]c2c(c1=O)NN(Cc1ccc(-n3cccn3)cc1)c1c(Cl)cccc1-2. The number of nitrogens with one attached hydrogen (secondary N) is 2. The van der Waals surface area contributed by atoms with Crippen LogP contribution in [0.25, 0.3) is 22.6 Å². The quantitative estimate of drug-likeness (QED) is 0.374. The van der Waals surface area contributed by atoms with Crippen LogP contribution in [0.1, 0.15) is 11.1 Å². The molecule has 3 aromatic carbocycles. The fourth-order valence-corrected chi connectivity index (χ4v) is 4.66. The largest absolute Gasteiger partial charge is 0.297 e. The molecule has 0 saturated carbocycles. The van der Waals surface area contributed by atoms with E-state index in [0.29, 0.717) is 17.3 Å². The summed E-state index contributed by atoms with van der Waals surface area (Å²) in [6, 6.07) is 23.6. The van der Waals surface area contributed by atoms with E-state index in [-0.39, 0.29) is 5.56 Å². The van der Waals surface area contributed by atoms with Crippen LogP contribution in [0.3, 0.4) is 0 Å². The number of hydrogen-bond acceptors (Lipinski definition) is 4. The summed E-state index contributed by atoms with van der Waals surface area (Å²) in [7, 11) is 0. The molecule has 168 valence electrons. The van der Waals surface area contributed by atoms with Gasteiger partial charge in [-0.05, 0) is 48.4 Å². The number of hydrazine groups is 1. The lowest BCUT2D eigenvalue weighted by Crippen LogP contribution is -2.35. The number of hydrogen-bond donors (Lipinski definition) is 2. The molecule has 6 rings (SSSR count). The van der Waals surface area contributed by atoms with Crippen molar-refractivity contribution in [2.24, 2.45) is 0 Å². The Labute approximate surface area is 200 Å². The number of aromatic nitrogens is 4. The maximum Gasteiger partial charge on any atom is 0.297 e. The standard InChI is InChI=1S/C26H21ClN6O/c1-17-6-2-3-9-22(17)33-26(34)24-23(30-33)20-7-4-8-21(27)25(20)32(29-24)16-18-10-12-19(13-11-18)31-15-5-14-28-31/h2-15,29-30H,16H2,1H3. The second-order valence-corrected chi connectivity index (χ2v) is 8.65. The van der Waals surface area contributed by atoms with Crippen LogP contribution in [0, 0.1) is 6.92 Å². The molecule has 2 aromatic heterocycles. The molecule has 0 amide bonds. The van der Waals surface area contributed by atoms with Crippen molar-refractivity contribution in [1.82, 2.24) is 19.6 Å². The summed E-state index contributed by atoms with van der Waals surface area (Å²) in [4.78, 5) is 13.4. The van der Waals surface area contributed by atoms with Crippen LogP contribution in [0.15, 0.2) is 90.0 Å². The van der Waals surface area contributed by atoms with Gasteiger partial charge in [0.1, 0.15) is 5.69 Å². The molecule has 5 aromatic rings. The Morgan fingerprint density at radius 2 is 1.79 bits per heavy atom. The molecule has 34 heavy (non-hydrogen) atoms. The molecule has 0 unspecified atom stereocenters. The Kier molecular flexibility index (Phi) is 4.78. The van der Waals surface area contributed by atoms with Gasteiger partial charge in [-0.1, -0.05) is 54.1 Å². The minimum absolute atomic E-state index is 0.144. The summed E-state index contributed by atoms with van der Waals surface area (Å²) < 4.78 is 3.40. The van der Waals surface area contributed by atoms with Gasteiger partial charge in [0.15, 0.2) is 0 Å². The zero-order chi connectivity index (χ0) is 23.2. The molecule has 0 saturated heterocycles. The fourth-order valence-electron chi connectivity index (χ4n) is 4.38. The number of anilines is 2. The normalized spacial score (nSPS) is 12.2. The van der Waals surface area contributed by atoms with E-state index in [1.165, 1.54) is 0 Å². The first-order chi connectivity index (χ1) is 16.6. The number of rotatable bonds is 4. The average Bonchev–Trinajstić information content (AvgIpc) is 3.49. The van der Waals surface area contributed by atoms with E-state index < -0.39 is 0 Å². The van der Waals surface area contributed by atoms with Gasteiger partial charge in [0.05, 0.1) is 34.3 Å². The Morgan fingerprint density at radius 3 is 2.56 bits per heavy atom. The second-order valence-electron chi connectivity index (χ2n) is 8.24. The number of aryl methyl sites for hydroxylation is 1. The Balaban J connectivity index is 1.41. The Hall–Kier alpha value is -4.23. The molecule has 0 radical (unpaired) electrons. The third kappa shape index (κ3) is 3.29. The summed E-state index contributed by atoms with van der Waals surface area (Å²) >= 11 is 6.66. The maximum atomic E-state index is 13.4. The highest BCUT2D eigenvalue weighted by atomic mass is 35.5. The maximum absolute atomic E-state index is 13.4. The third-order valence-electron chi connectivity index (χ3n) is 6.07. The molecule has 2 N–H and O–H groups in total. The number of fused-ring (bicyclic) bond motifs is 3. The lowest BCUT2D eigenvalue weighted by atomic mass is 10.1. The lowest BCUT2D eigenvalue weighted by molar-refractivity contribution is 0.846. The molecule has 3 heterocycles. The van der Waals surface area contributed by atoms with Crippen molar-refractivity contribution in [1.29, 1.82) is 0 Å². The van der Waals surface area contributed by atoms with E-state index in [0.717, 1.165) is 39.4 Å². The van der Waals surface area contributed by atoms with Crippen LogP contribution in [0.2, 0.25) is 5.02 Å². The van der Waals surface area contributed by atoms with Gasteiger partial charge < -0.3 is 0 Å². The number of halogens is 1. The van der Waals surface area contributed by atoms with Crippen molar-refractivity contribution in [3.05, 3.63) is 112 Å². The second kappa shape index (κ2) is 7.97. The van der Waals surface area contributed by atoms with Crippen molar-refractivity contribution < 1.29 is 0 Å². The van der Waals surface area contributed by atoms with Gasteiger partial charge in [-0.2, -0.15) is 5.10 Å². The summed E-state index contributed by atoms with van der Waals surface area (Å²) in [6.45, 7) is 2.50. The van der Waals surface area contributed by atoms with Crippen LogP contribution < -0.4 is 16.0 Å². The van der Waals surface area contributed by atoms with Crippen LogP contribution >= 0.6 is 11.6 Å². The van der Waals surface area contributed by atoms with Gasteiger partial charge in [0.2, 0.25) is 0 Å². The number of H-pyrrole nitrogens is 1. The zero-order valence-electron chi connectivity index (χ0n) is 18.4. The van der Waals surface area contributed by atoms with Gasteiger partial charge >= 0.3 is 0 Å². The molecule has 0 bridgehead atoms. The van der Waals surface area contributed by atoms with E-state index in [4.69, 9.17) is 11.6 Å². The van der Waals surface area contributed by atoms with Gasteiger partial charge in [0.25, 0.3) is 5.56 Å². The molecular weight excluding hydrogens is 448 g/mol. The summed E-state index contributed by atoms with van der Waals surface area (Å²) in [5, 5.41) is 10.1. The van der Waals surface area contributed by atoms with Crippen molar-refractivity contribution >= 4 is 23.0 Å². The molecular formula is C26H21ClN6O. The number of aromatic amines is 1. The molecule has 1 aliphatic heterocycles. The van der Waals surface area contributed by atoms with E-state index in [1.807, 2.05) is 95.6 Å². The number of benzene rings is 3. The first-order valence-electron chi connectivity index (χ1n) is 10.9. The zero-order valence-corrected chi connectivity index (χ0v) is 19.1. The van der Waals surface area contributed by atoms with E-state index >= 15 is 0 Å². The highest BCUT2D eigenvalue weighted by molar-refractivity contribution is 6.34. The monoisotopic (exact) mass is 468 g/mol. The van der Waals surface area contributed by atoms with Gasteiger partial charge in [-0.25, -0.2) is 9.36 Å². The van der Waals surface area contributed by atoms with Gasteiger partial charge in [0, 0.05) is 18.0 Å². The van der Waals surface area contributed by atoms with Crippen molar-refractivity contribution in [3.63, 3.8) is 0 Å². The predicted octanol–water partition coefficient (Wildman–Crippen LogP) is 5.33. The van der Waals surface area contributed by atoms with Gasteiger partial charge in [-0.3, -0.25) is 20.3 Å². The topological polar surface area (TPSA) is 70.9 Å². The van der Waals surface area contributed by atoms with Crippen LogP contribution in [0.4, 0.5) is 11.4 Å². The van der Waals surface area contributed by atoms with Gasteiger partial charge in [-0.15, -0.1) is 0 Å². The molecule has 0 spiro atoms. The Bertz CT molecular complexity index is 1550. The highest BCUT2D eigenvalue weighted by Crippen LogP contribution is 2.42. The molecule has 0 aliphatic carbocycles. The van der Waals surface area contributed by atoms with E-state index in [2.05, 4.69) is 15.6 Å². The molecule has 8 heteroatoms. The van der Waals surface area contributed by atoms with E-state index in [1.54, 1.807) is 10.9 Å². The third-order valence-corrected chi connectivity index (χ3v) is 6.37. The first kappa shape index (κ1) is 20.4. The minimum Gasteiger partial charge on any atom is -0.291 e. The Morgan fingerprint density at radius 1 is 0.971 bits per heavy atom. The smallest absolute Gasteiger partial charge is 0.291 e. The van der Waals surface area contributed by atoms with Crippen molar-refractivity contribution in [2.45, 2.75) is 13.5 Å². The predicted molar refractivity (Wildman–Crippen MR) is 135 cm³/mol. The summed E-state index contributed by atoms with van der Waals surface area (Å²) in [6.07, 6.45) is 3.66. The van der Waals surface area contributed by atoms with Crippen LogP contribution in [-0.4, -0.2) is 19.6 Å². The first-order valence-corrected chi connectivity index (χ1v) is 11.3. The van der Waals surface area contributed by atoms with Crippen LogP contribution in [0.5, 0.6) is 0 Å². The molecule has 7 nitrogen and oxygen atoms in total. The van der Waals surface area contributed by atoms with E-state index in [9.17, 15) is 4.79 Å². The highest BCUT2D eigenvalue weighted by Gasteiger charge is 2.29. The van der Waals surface area contributed by atoms with Crippen molar-refractivity contribution in [2.75, 3.05) is 10.4 Å². The average molecular weight is 469 g/mol. The lowest BCUT2D eigenvalue weighted by Gasteiger charge is -2.32. The summed E-state index contributed by atoms with van der Waals surface area (Å²) in [5.41, 5.74) is 9.95. The number of para-hydroxylation sites is 2. The minimum atomic E-state index is -0.144. The van der Waals surface area contributed by atoms with Crippen molar-refractivity contribution in [3.8, 4) is 22.6 Å².